The number of carbonyl (C=O) groups is 1. The van der Waals surface area contributed by atoms with Gasteiger partial charge in [0.15, 0.2) is 5.13 Å². The summed E-state index contributed by atoms with van der Waals surface area (Å²) in [6, 6.07) is 0. The van der Waals surface area contributed by atoms with E-state index < -0.39 is 11.4 Å². The zero-order valence-corrected chi connectivity index (χ0v) is 12.8. The fraction of sp³-hybridized carbons (Fsp3) is 0.714. The molecule has 0 unspecified atom stereocenters. The molecule has 1 fully saturated rings. The van der Waals surface area contributed by atoms with Crippen LogP contribution in [0.2, 0.25) is 0 Å². The van der Waals surface area contributed by atoms with E-state index in [4.69, 9.17) is 0 Å². The molecule has 2 N–H and O–H groups in total. The minimum Gasteiger partial charge on any atom is -0.481 e. The van der Waals surface area contributed by atoms with Gasteiger partial charge in [0.25, 0.3) is 0 Å². The third-order valence-electron chi connectivity index (χ3n) is 4.39. The van der Waals surface area contributed by atoms with Gasteiger partial charge in [-0.3, -0.25) is 4.79 Å². The summed E-state index contributed by atoms with van der Waals surface area (Å²) in [6.07, 6.45) is 2.55. The second-order valence-corrected chi connectivity index (χ2v) is 7.20. The highest BCUT2D eigenvalue weighted by atomic mass is 32.1. The molecule has 1 aliphatic rings. The van der Waals surface area contributed by atoms with Gasteiger partial charge < -0.3 is 10.4 Å². The zero-order valence-electron chi connectivity index (χ0n) is 12.0. The molecule has 0 spiro atoms. The molecule has 5 heteroatoms. The average molecular weight is 282 g/mol. The van der Waals surface area contributed by atoms with Crippen LogP contribution in [0.25, 0.3) is 0 Å². The number of rotatable bonds is 6. The van der Waals surface area contributed by atoms with Gasteiger partial charge in [-0.2, -0.15) is 0 Å². The number of aliphatic carboxylic acids is 1. The van der Waals surface area contributed by atoms with Crippen molar-refractivity contribution in [2.24, 2.45) is 11.3 Å². The fourth-order valence-electron chi connectivity index (χ4n) is 2.12. The average Bonchev–Trinajstić information content (AvgIpc) is 2.97. The number of carboxylic acid groups (broad SMARTS) is 1. The molecule has 1 aromatic rings. The lowest BCUT2D eigenvalue weighted by atomic mass is 9.90. The molecule has 0 aliphatic heterocycles. The molecular weight excluding hydrogens is 260 g/mol. The van der Waals surface area contributed by atoms with Crippen LogP contribution in [-0.2, 0) is 10.2 Å². The molecule has 1 heterocycles. The highest BCUT2D eigenvalue weighted by Crippen LogP contribution is 2.51. The van der Waals surface area contributed by atoms with Gasteiger partial charge in [-0.25, -0.2) is 4.98 Å². The lowest BCUT2D eigenvalue weighted by molar-refractivity contribution is -0.142. The first-order valence-corrected chi connectivity index (χ1v) is 7.59. The van der Waals surface area contributed by atoms with Gasteiger partial charge in [-0.15, -0.1) is 11.3 Å². The van der Waals surface area contributed by atoms with Crippen LogP contribution in [0, 0.1) is 11.3 Å². The highest BCUT2D eigenvalue weighted by Gasteiger charge is 2.45. The number of nitrogens with zero attached hydrogens (tertiary/aromatic N) is 1. The number of anilines is 1. The normalized spacial score (nSPS) is 17.5. The van der Waals surface area contributed by atoms with Crippen molar-refractivity contribution in [2.75, 3.05) is 11.9 Å². The van der Waals surface area contributed by atoms with Gasteiger partial charge in [0, 0.05) is 11.9 Å². The van der Waals surface area contributed by atoms with E-state index in [1.165, 1.54) is 24.2 Å². The second-order valence-electron chi connectivity index (χ2n) is 6.34. The molecule has 4 nitrogen and oxygen atoms in total. The maximum Gasteiger partial charge on any atom is 0.315 e. The number of thiazole rings is 1. The third-order valence-corrected chi connectivity index (χ3v) is 5.19. The molecule has 0 radical (unpaired) electrons. The van der Waals surface area contributed by atoms with Gasteiger partial charge in [0.1, 0.15) is 5.41 Å². The van der Waals surface area contributed by atoms with Crippen molar-refractivity contribution in [3.63, 3.8) is 0 Å². The molecular formula is C14H22N2O2S. The number of hydrogen-bond acceptors (Lipinski definition) is 4. The Bertz CT molecular complexity index is 476. The number of hydrogen-bond donors (Lipinski definition) is 2. The summed E-state index contributed by atoms with van der Waals surface area (Å²) in [6.45, 7) is 8.82. The Morgan fingerprint density at radius 2 is 2.21 bits per heavy atom. The monoisotopic (exact) mass is 282 g/mol. The topological polar surface area (TPSA) is 62.2 Å². The molecule has 1 saturated carbocycles. The summed E-state index contributed by atoms with van der Waals surface area (Å²) < 4.78 is 0. The summed E-state index contributed by atoms with van der Waals surface area (Å²) in [4.78, 5) is 15.6. The van der Waals surface area contributed by atoms with Crippen molar-refractivity contribution < 1.29 is 9.90 Å². The van der Waals surface area contributed by atoms with Gasteiger partial charge in [0.05, 0.1) is 5.69 Å². The van der Waals surface area contributed by atoms with Crippen LogP contribution in [0.1, 0.15) is 46.2 Å². The highest BCUT2D eigenvalue weighted by molar-refractivity contribution is 7.13. The van der Waals surface area contributed by atoms with Crippen LogP contribution in [-0.4, -0.2) is 22.6 Å². The molecule has 1 aromatic heterocycles. The van der Waals surface area contributed by atoms with E-state index in [-0.39, 0.29) is 0 Å². The molecule has 0 amide bonds. The molecule has 1 aliphatic carbocycles. The zero-order chi connectivity index (χ0) is 14.3. The molecule has 2 rings (SSSR count). The van der Waals surface area contributed by atoms with E-state index in [2.05, 4.69) is 24.1 Å². The van der Waals surface area contributed by atoms with Crippen molar-refractivity contribution in [1.29, 1.82) is 0 Å². The van der Waals surface area contributed by atoms with Crippen molar-refractivity contribution >= 4 is 22.4 Å². The minimum absolute atomic E-state index is 0.425. The van der Waals surface area contributed by atoms with Crippen LogP contribution in [0.5, 0.6) is 0 Å². The van der Waals surface area contributed by atoms with Crippen LogP contribution in [0.3, 0.4) is 0 Å². The predicted octanol–water partition coefficient (Wildman–Crippen LogP) is 3.35. The lowest BCUT2D eigenvalue weighted by Gasteiger charge is -2.19. The van der Waals surface area contributed by atoms with Gasteiger partial charge in [-0.1, -0.05) is 13.8 Å². The van der Waals surface area contributed by atoms with Crippen LogP contribution in [0.4, 0.5) is 5.13 Å². The quantitative estimate of drug-likeness (QED) is 0.840. The van der Waals surface area contributed by atoms with Crippen LogP contribution >= 0.6 is 11.3 Å². The molecule has 19 heavy (non-hydrogen) atoms. The van der Waals surface area contributed by atoms with Gasteiger partial charge >= 0.3 is 5.97 Å². The van der Waals surface area contributed by atoms with E-state index in [1.807, 2.05) is 5.38 Å². The van der Waals surface area contributed by atoms with E-state index in [1.54, 1.807) is 13.8 Å². The summed E-state index contributed by atoms with van der Waals surface area (Å²) in [5.41, 5.74) is 0.127. The Morgan fingerprint density at radius 3 is 2.68 bits per heavy atom. The van der Waals surface area contributed by atoms with Crippen molar-refractivity contribution in [1.82, 2.24) is 4.98 Å². The van der Waals surface area contributed by atoms with E-state index in [0.717, 1.165) is 11.7 Å². The SMILES string of the molecule is CC(C)C1(CNc2nc(C(C)(C)C(=O)O)cs2)CC1. The largest absolute Gasteiger partial charge is 0.481 e. The summed E-state index contributed by atoms with van der Waals surface area (Å²) in [5, 5.41) is 15.2. The summed E-state index contributed by atoms with van der Waals surface area (Å²) in [7, 11) is 0. The first kappa shape index (κ1) is 14.3. The smallest absolute Gasteiger partial charge is 0.315 e. The number of nitrogens with one attached hydrogen (secondary N) is 1. The van der Waals surface area contributed by atoms with Gasteiger partial charge in [-0.05, 0) is 38.0 Å². The maximum atomic E-state index is 11.2. The Hall–Kier alpha value is -1.10. The van der Waals surface area contributed by atoms with E-state index >= 15 is 0 Å². The molecule has 0 aromatic carbocycles. The first-order valence-electron chi connectivity index (χ1n) is 6.71. The van der Waals surface area contributed by atoms with Crippen LogP contribution in [0.15, 0.2) is 5.38 Å². The molecule has 106 valence electrons. The standard InChI is InChI=1S/C14H22N2O2S/c1-9(2)14(5-6-14)8-15-12-16-10(7-19-12)13(3,4)11(17)18/h7,9H,5-6,8H2,1-4H3,(H,15,16)(H,17,18). The second kappa shape index (κ2) is 4.78. The molecule has 0 atom stereocenters. The summed E-state index contributed by atoms with van der Waals surface area (Å²) in [5.74, 6) is -0.167. The van der Waals surface area contributed by atoms with Crippen molar-refractivity contribution in [2.45, 2.75) is 46.0 Å². The Labute approximate surface area is 118 Å². The Balaban J connectivity index is 2.01. The fourth-order valence-corrected chi connectivity index (χ4v) is 3.00. The maximum absolute atomic E-state index is 11.2. The van der Waals surface area contributed by atoms with E-state index in [9.17, 15) is 9.90 Å². The molecule has 0 saturated heterocycles. The van der Waals surface area contributed by atoms with Crippen molar-refractivity contribution in [3.8, 4) is 0 Å². The third kappa shape index (κ3) is 2.76. The Kier molecular flexibility index (Phi) is 3.60. The van der Waals surface area contributed by atoms with Crippen molar-refractivity contribution in [3.05, 3.63) is 11.1 Å². The van der Waals surface area contributed by atoms with Gasteiger partial charge in [0.2, 0.25) is 0 Å². The number of aromatic nitrogens is 1. The number of carboxylic acids is 1. The molecule has 0 bridgehead atoms. The lowest BCUT2D eigenvalue weighted by Crippen LogP contribution is -2.29. The minimum atomic E-state index is -0.925. The predicted molar refractivity (Wildman–Crippen MR) is 77.8 cm³/mol. The van der Waals surface area contributed by atoms with E-state index in [0.29, 0.717) is 17.0 Å². The summed E-state index contributed by atoms with van der Waals surface area (Å²) >= 11 is 1.49. The first-order chi connectivity index (χ1) is 8.78. The Morgan fingerprint density at radius 1 is 1.58 bits per heavy atom. The van der Waals surface area contributed by atoms with Crippen LogP contribution < -0.4 is 5.32 Å².